The van der Waals surface area contributed by atoms with Crippen LogP contribution in [0.15, 0.2) is 74.2 Å². The second-order valence-corrected chi connectivity index (χ2v) is 11.9. The number of benzene rings is 2. The van der Waals surface area contributed by atoms with Crippen LogP contribution < -0.4 is 9.64 Å². The number of Topliss-reactive ketones (excluding diaryl/α,β-unsaturated/α-hetero) is 1. The van der Waals surface area contributed by atoms with E-state index in [-0.39, 0.29) is 57.3 Å². The van der Waals surface area contributed by atoms with Crippen molar-refractivity contribution in [1.29, 1.82) is 0 Å². The van der Waals surface area contributed by atoms with Crippen LogP contribution in [0.25, 0.3) is 0 Å². The number of methoxy groups -OCH3 is 1. The number of nitro benzene ring substituents is 1. The molecule has 0 spiro atoms. The molecule has 1 N–H and O–H groups in total. The third-order valence-corrected chi connectivity index (χ3v) is 9.45. The van der Waals surface area contributed by atoms with Crippen molar-refractivity contribution in [2.24, 2.45) is 17.8 Å². The zero-order valence-corrected chi connectivity index (χ0v) is 24.5. The molecule has 1 aliphatic heterocycles. The van der Waals surface area contributed by atoms with Crippen molar-refractivity contribution in [3.63, 3.8) is 0 Å². The maximum Gasteiger partial charge on any atom is 0.269 e. The molecule has 6 rings (SSSR count). The highest BCUT2D eigenvalue weighted by atomic mass is 79.9. The van der Waals surface area contributed by atoms with Crippen molar-refractivity contribution >= 4 is 66.6 Å². The maximum absolute atomic E-state index is 13.9. The molecule has 0 saturated carbocycles. The van der Waals surface area contributed by atoms with Gasteiger partial charge in [-0.2, -0.15) is 0 Å². The molecule has 1 fully saturated rings. The normalized spacial score (nSPS) is 25.4. The summed E-state index contributed by atoms with van der Waals surface area (Å²) in [6.07, 6.45) is 3.45. The van der Waals surface area contributed by atoms with Gasteiger partial charge in [-0.25, -0.2) is 0 Å². The van der Waals surface area contributed by atoms with Gasteiger partial charge < -0.3 is 9.84 Å². The number of allylic oxidation sites excluding steroid dienone is 6. The number of ketones is 2. The van der Waals surface area contributed by atoms with Crippen molar-refractivity contribution in [2.75, 3.05) is 12.0 Å². The molecule has 3 aliphatic carbocycles. The number of carbonyl (C=O) groups is 4. The minimum absolute atomic E-state index is 0.0931. The molecule has 0 aromatic heterocycles. The van der Waals surface area contributed by atoms with Gasteiger partial charge in [-0.15, -0.1) is 0 Å². The molecule has 1 saturated heterocycles. The van der Waals surface area contributed by atoms with E-state index in [9.17, 15) is 34.4 Å². The van der Waals surface area contributed by atoms with E-state index in [0.29, 0.717) is 15.6 Å². The van der Waals surface area contributed by atoms with Gasteiger partial charge in [0.25, 0.3) is 5.69 Å². The lowest BCUT2D eigenvalue weighted by Gasteiger charge is -2.42. The molecule has 0 radical (unpaired) electrons. The van der Waals surface area contributed by atoms with Crippen LogP contribution in [0.4, 0.5) is 11.4 Å². The van der Waals surface area contributed by atoms with Gasteiger partial charge in [-0.1, -0.05) is 11.6 Å². The van der Waals surface area contributed by atoms with Gasteiger partial charge in [0.15, 0.2) is 23.1 Å². The van der Waals surface area contributed by atoms with Crippen LogP contribution in [-0.4, -0.2) is 40.5 Å². The molecular formula is C29H20Br2N2O8. The number of carbonyl (C=O) groups excluding carboxylic acids is 4. The van der Waals surface area contributed by atoms with Crippen molar-refractivity contribution in [3.05, 3.63) is 89.9 Å². The predicted octanol–water partition coefficient (Wildman–Crippen LogP) is 5.04. The van der Waals surface area contributed by atoms with E-state index in [4.69, 9.17) is 4.74 Å². The molecule has 12 heteroatoms. The molecule has 4 aliphatic rings. The minimum atomic E-state index is -0.802. The lowest BCUT2D eigenvalue weighted by molar-refractivity contribution is -0.384. The van der Waals surface area contributed by atoms with Crippen LogP contribution in [-0.2, 0) is 19.2 Å². The Morgan fingerprint density at radius 2 is 1.76 bits per heavy atom. The number of phenolic OH excluding ortho intramolecular Hbond substituents is 1. The zero-order valence-electron chi connectivity index (χ0n) is 21.3. The Hall–Kier alpha value is -3.90. The first-order valence-corrected chi connectivity index (χ1v) is 14.2. The SMILES string of the molecule is COc1cc(C2C3=CCC4C(=O)N(c5ccc([N+](=O)[O-])cc5)C(=O)C4C3CC3=C2C(=O)C=C(Br)C3=O)cc(Br)c1O. The van der Waals surface area contributed by atoms with Gasteiger partial charge in [0.2, 0.25) is 11.8 Å². The molecular weight excluding hydrogens is 664 g/mol. The molecule has 4 atom stereocenters. The number of hydrogen-bond donors (Lipinski definition) is 1. The van der Waals surface area contributed by atoms with E-state index in [0.717, 1.165) is 10.5 Å². The summed E-state index contributed by atoms with van der Waals surface area (Å²) in [4.78, 5) is 65.9. The third-order valence-electron chi connectivity index (χ3n) is 8.25. The van der Waals surface area contributed by atoms with Crippen molar-refractivity contribution in [2.45, 2.75) is 18.8 Å². The molecule has 2 aromatic rings. The molecule has 0 bridgehead atoms. The summed E-state index contributed by atoms with van der Waals surface area (Å²) in [6.45, 7) is 0. The number of non-ortho nitro benzene ring substituents is 1. The average molecular weight is 684 g/mol. The van der Waals surface area contributed by atoms with Crippen molar-refractivity contribution in [1.82, 2.24) is 0 Å². The van der Waals surface area contributed by atoms with Crippen LogP contribution >= 0.6 is 31.9 Å². The van der Waals surface area contributed by atoms with E-state index >= 15 is 0 Å². The monoisotopic (exact) mass is 682 g/mol. The van der Waals surface area contributed by atoms with Crippen LogP contribution in [0, 0.1) is 27.9 Å². The number of ether oxygens (including phenoxy) is 1. The lowest BCUT2D eigenvalue weighted by atomic mass is 9.59. The largest absolute Gasteiger partial charge is 0.503 e. The summed E-state index contributed by atoms with van der Waals surface area (Å²) in [5, 5.41) is 21.5. The second-order valence-electron chi connectivity index (χ2n) is 10.2. The Morgan fingerprint density at radius 3 is 2.41 bits per heavy atom. The number of nitrogens with zero attached hydrogens (tertiary/aromatic N) is 2. The Balaban J connectivity index is 1.48. The standard InChI is InChI=1S/C29H20Br2N2O8/c1-41-22-9-12(8-19(30)27(22)36)23-15-6-7-16-24(17(15)10-18-25(23)21(34)11-20(31)26(18)35)29(38)32(28(16)37)13-2-4-14(5-3-13)33(39)40/h2-6,8-9,11,16-17,23-24,36H,7,10H2,1H3. The van der Waals surface area contributed by atoms with Crippen LogP contribution in [0.1, 0.15) is 24.3 Å². The number of anilines is 1. The fourth-order valence-corrected chi connectivity index (χ4v) is 7.39. The molecule has 2 aromatic carbocycles. The first-order chi connectivity index (χ1) is 19.5. The highest BCUT2D eigenvalue weighted by Crippen LogP contribution is 2.56. The highest BCUT2D eigenvalue weighted by Gasteiger charge is 2.56. The van der Waals surface area contributed by atoms with Gasteiger partial charge in [0.1, 0.15) is 0 Å². The summed E-state index contributed by atoms with van der Waals surface area (Å²) in [5.41, 5.74) is 1.94. The van der Waals surface area contributed by atoms with E-state index in [1.165, 1.54) is 37.5 Å². The van der Waals surface area contributed by atoms with Crippen LogP contribution in [0.5, 0.6) is 11.5 Å². The lowest BCUT2D eigenvalue weighted by Crippen LogP contribution is -2.39. The Kier molecular flexibility index (Phi) is 6.57. The van der Waals surface area contributed by atoms with Crippen molar-refractivity contribution < 1.29 is 33.9 Å². The summed E-state index contributed by atoms with van der Waals surface area (Å²) in [7, 11) is 1.40. The van der Waals surface area contributed by atoms with E-state index < -0.39 is 40.4 Å². The number of hydrogen-bond acceptors (Lipinski definition) is 8. The highest BCUT2D eigenvalue weighted by molar-refractivity contribution is 9.12. The number of phenols is 1. The quantitative estimate of drug-likeness (QED) is 0.155. The number of halogens is 2. The van der Waals surface area contributed by atoms with Gasteiger partial charge in [-0.3, -0.25) is 34.2 Å². The fourth-order valence-electron chi connectivity index (χ4n) is 6.48. The summed E-state index contributed by atoms with van der Waals surface area (Å²) >= 11 is 6.55. The maximum atomic E-state index is 13.9. The van der Waals surface area contributed by atoms with Gasteiger partial charge in [0, 0.05) is 35.3 Å². The first-order valence-electron chi connectivity index (χ1n) is 12.6. The Labute approximate surface area is 249 Å². The molecule has 41 heavy (non-hydrogen) atoms. The van der Waals surface area contributed by atoms with Crippen LogP contribution in [0.3, 0.4) is 0 Å². The van der Waals surface area contributed by atoms with Gasteiger partial charge in [0.05, 0.1) is 38.5 Å². The van der Waals surface area contributed by atoms with Crippen molar-refractivity contribution in [3.8, 4) is 11.5 Å². The minimum Gasteiger partial charge on any atom is -0.503 e. The molecule has 10 nitrogen and oxygen atoms in total. The fraction of sp³-hybridized carbons (Fsp3) is 0.241. The first kappa shape index (κ1) is 27.3. The summed E-state index contributed by atoms with van der Waals surface area (Å²) < 4.78 is 5.79. The van der Waals surface area contributed by atoms with Gasteiger partial charge in [-0.05, 0) is 80.4 Å². The number of aromatic hydroxyl groups is 1. The summed E-state index contributed by atoms with van der Waals surface area (Å²) in [5.74, 6) is -4.32. The Bertz CT molecular complexity index is 1690. The van der Waals surface area contributed by atoms with Crippen LogP contribution in [0.2, 0.25) is 0 Å². The average Bonchev–Trinajstić information content (AvgIpc) is 3.21. The number of fused-ring (bicyclic) bond motifs is 3. The zero-order chi connectivity index (χ0) is 29.3. The number of imide groups is 1. The summed E-state index contributed by atoms with van der Waals surface area (Å²) in [6, 6.07) is 8.47. The molecule has 2 amide bonds. The smallest absolute Gasteiger partial charge is 0.269 e. The second kappa shape index (κ2) is 9.88. The number of rotatable bonds is 4. The van der Waals surface area contributed by atoms with Gasteiger partial charge >= 0.3 is 0 Å². The van der Waals surface area contributed by atoms with E-state index in [1.54, 1.807) is 12.1 Å². The molecule has 1 heterocycles. The predicted molar refractivity (Wildman–Crippen MR) is 153 cm³/mol. The number of amides is 2. The van der Waals surface area contributed by atoms with E-state index in [2.05, 4.69) is 31.9 Å². The molecule has 4 unspecified atom stereocenters. The molecule has 208 valence electrons. The topological polar surface area (TPSA) is 144 Å². The number of nitro groups is 1. The third kappa shape index (κ3) is 4.11. The Morgan fingerprint density at radius 1 is 1.05 bits per heavy atom. The van der Waals surface area contributed by atoms with E-state index in [1.807, 2.05) is 6.08 Å².